The van der Waals surface area contributed by atoms with Crippen LogP contribution >= 0.6 is 11.5 Å². The van der Waals surface area contributed by atoms with Gasteiger partial charge in [-0.25, -0.2) is 9.78 Å². The Bertz CT molecular complexity index is 943. The Morgan fingerprint density at radius 1 is 1.03 bits per heavy atom. The Labute approximate surface area is 194 Å². The lowest BCUT2D eigenvalue weighted by Crippen LogP contribution is -2.63. The average Bonchev–Trinajstić information content (AvgIpc) is 3.23. The molecule has 2 amide bonds. The largest absolute Gasteiger partial charge is 0.343 e. The first kappa shape index (κ1) is 20.5. The molecule has 0 radical (unpaired) electrons. The number of hydrogen-bond donors (Lipinski definition) is 1. The van der Waals surface area contributed by atoms with E-state index in [9.17, 15) is 4.79 Å². The van der Waals surface area contributed by atoms with Crippen LogP contribution in [0.25, 0.3) is 0 Å². The van der Waals surface area contributed by atoms with Gasteiger partial charge in [0.1, 0.15) is 5.82 Å². The highest BCUT2D eigenvalue weighted by Crippen LogP contribution is 2.55. The third-order valence-corrected chi connectivity index (χ3v) is 9.00. The van der Waals surface area contributed by atoms with E-state index in [2.05, 4.69) is 45.8 Å². The van der Waals surface area contributed by atoms with E-state index in [1.54, 1.807) is 0 Å². The summed E-state index contributed by atoms with van der Waals surface area (Å²) in [6.45, 7) is 5.27. The number of nitrogens with one attached hydrogen (secondary N) is 1. The third-order valence-electron chi connectivity index (χ3n) is 8.19. The van der Waals surface area contributed by atoms with Crippen molar-refractivity contribution in [2.75, 3.05) is 31.1 Å². The molecule has 1 saturated heterocycles. The lowest BCUT2D eigenvalue weighted by Gasteiger charge is -2.57. The molecule has 0 atom stereocenters. The molecule has 7 rings (SSSR count). The summed E-state index contributed by atoms with van der Waals surface area (Å²) in [6, 6.07) is 8.73. The van der Waals surface area contributed by atoms with Gasteiger partial charge in [0.25, 0.3) is 0 Å². The summed E-state index contributed by atoms with van der Waals surface area (Å²) in [7, 11) is 0. The van der Waals surface area contributed by atoms with Crippen molar-refractivity contribution in [1.29, 1.82) is 0 Å². The number of carbonyl (C=O) groups excluding carboxylic acids is 1. The van der Waals surface area contributed by atoms with E-state index in [4.69, 9.17) is 4.98 Å². The Kier molecular flexibility index (Phi) is 5.12. The van der Waals surface area contributed by atoms with E-state index in [-0.39, 0.29) is 11.6 Å². The summed E-state index contributed by atoms with van der Waals surface area (Å²) < 4.78 is 4.58. The molecule has 1 aromatic carbocycles. The van der Waals surface area contributed by atoms with Crippen LogP contribution in [0.2, 0.25) is 0 Å². The van der Waals surface area contributed by atoms with E-state index in [0.29, 0.717) is 0 Å². The maximum Gasteiger partial charge on any atom is 0.317 e. The summed E-state index contributed by atoms with van der Waals surface area (Å²) >= 11 is 1.48. The predicted molar refractivity (Wildman–Crippen MR) is 127 cm³/mol. The lowest BCUT2D eigenvalue weighted by molar-refractivity contribution is -0.0157. The van der Waals surface area contributed by atoms with Gasteiger partial charge in [-0.05, 0) is 68.8 Å². The van der Waals surface area contributed by atoms with Crippen LogP contribution in [-0.4, -0.2) is 52.0 Å². The van der Waals surface area contributed by atoms with Crippen molar-refractivity contribution >= 4 is 22.7 Å². The van der Waals surface area contributed by atoms with Crippen LogP contribution in [0.15, 0.2) is 24.3 Å². The summed E-state index contributed by atoms with van der Waals surface area (Å²) in [5, 5.41) is 4.51. The SMILES string of the molecule is Cc1ccc(Cc2nsc(N3CCN(C(=O)NC45CC6CC(CC(C6)C4)C5)CC3)n2)cc1. The van der Waals surface area contributed by atoms with Crippen molar-refractivity contribution in [2.45, 2.75) is 57.4 Å². The first-order valence-electron chi connectivity index (χ1n) is 12.2. The number of hydrogen-bond acceptors (Lipinski definition) is 5. The molecule has 5 aliphatic rings. The van der Waals surface area contributed by atoms with Crippen molar-refractivity contribution in [3.63, 3.8) is 0 Å². The van der Waals surface area contributed by atoms with Crippen molar-refractivity contribution in [3.05, 3.63) is 41.2 Å². The molecule has 7 heteroatoms. The molecule has 1 aromatic heterocycles. The minimum atomic E-state index is 0.0904. The molecule has 4 bridgehead atoms. The maximum atomic E-state index is 13.1. The fourth-order valence-electron chi connectivity index (χ4n) is 7.00. The number of anilines is 1. The Morgan fingerprint density at radius 3 is 2.28 bits per heavy atom. The minimum absolute atomic E-state index is 0.0904. The molecule has 6 nitrogen and oxygen atoms in total. The molecule has 0 spiro atoms. The van der Waals surface area contributed by atoms with Gasteiger partial charge in [0.15, 0.2) is 0 Å². The van der Waals surface area contributed by atoms with Crippen LogP contribution < -0.4 is 10.2 Å². The molecule has 1 aliphatic heterocycles. The van der Waals surface area contributed by atoms with Gasteiger partial charge < -0.3 is 15.1 Å². The van der Waals surface area contributed by atoms with Crippen LogP contribution in [0.4, 0.5) is 9.93 Å². The van der Waals surface area contributed by atoms with Gasteiger partial charge in [-0.2, -0.15) is 4.37 Å². The number of aryl methyl sites for hydroxylation is 1. The molecule has 2 aromatic rings. The highest BCUT2D eigenvalue weighted by Gasteiger charge is 2.51. The first-order chi connectivity index (χ1) is 15.5. The molecule has 1 N–H and O–H groups in total. The molecule has 5 fully saturated rings. The number of rotatable bonds is 4. The van der Waals surface area contributed by atoms with Crippen molar-refractivity contribution in [1.82, 2.24) is 19.6 Å². The molecular weight excluding hydrogens is 418 g/mol. The van der Waals surface area contributed by atoms with Crippen molar-refractivity contribution in [3.8, 4) is 0 Å². The van der Waals surface area contributed by atoms with Crippen LogP contribution in [0.3, 0.4) is 0 Å². The average molecular weight is 452 g/mol. The molecule has 0 unspecified atom stereocenters. The molecule has 32 heavy (non-hydrogen) atoms. The van der Waals surface area contributed by atoms with Gasteiger partial charge in [0.05, 0.1) is 0 Å². The number of amides is 2. The van der Waals surface area contributed by atoms with E-state index >= 15 is 0 Å². The first-order valence-corrected chi connectivity index (χ1v) is 13.0. The predicted octanol–water partition coefficient (Wildman–Crippen LogP) is 4.24. The topological polar surface area (TPSA) is 61.4 Å². The normalized spacial score (nSPS) is 31.2. The highest BCUT2D eigenvalue weighted by atomic mass is 32.1. The van der Waals surface area contributed by atoms with Crippen molar-refractivity contribution < 1.29 is 4.79 Å². The van der Waals surface area contributed by atoms with Crippen molar-refractivity contribution in [2.24, 2.45) is 17.8 Å². The number of urea groups is 1. The van der Waals surface area contributed by atoms with E-state index < -0.39 is 0 Å². The van der Waals surface area contributed by atoms with Gasteiger partial charge in [0, 0.05) is 49.7 Å². The Hall–Kier alpha value is -2.15. The van der Waals surface area contributed by atoms with Gasteiger partial charge >= 0.3 is 6.03 Å². The van der Waals surface area contributed by atoms with E-state index in [0.717, 1.165) is 61.3 Å². The zero-order valence-corrected chi connectivity index (χ0v) is 19.7. The standard InChI is InChI=1S/C25H33N5OS/c1-17-2-4-18(5-3-17)13-22-26-24(32-28-22)30-8-6-29(7-9-30)23(31)27-25-14-19-10-20(15-25)12-21(11-19)16-25/h2-5,19-21H,6-16H2,1H3,(H,27,31). The Balaban J connectivity index is 1.03. The highest BCUT2D eigenvalue weighted by molar-refractivity contribution is 7.09. The van der Waals surface area contributed by atoms with Crippen LogP contribution in [-0.2, 0) is 6.42 Å². The molecule has 4 aliphatic carbocycles. The minimum Gasteiger partial charge on any atom is -0.343 e. The van der Waals surface area contributed by atoms with Gasteiger partial charge in [-0.3, -0.25) is 0 Å². The number of aromatic nitrogens is 2. The zero-order chi connectivity index (χ0) is 21.7. The van der Waals surface area contributed by atoms with Crippen LogP contribution in [0.1, 0.15) is 55.5 Å². The van der Waals surface area contributed by atoms with Crippen LogP contribution in [0, 0.1) is 24.7 Å². The number of benzene rings is 1. The quantitative estimate of drug-likeness (QED) is 0.755. The second-order valence-electron chi connectivity index (χ2n) is 10.8. The van der Waals surface area contributed by atoms with E-state index in [1.807, 2.05) is 4.90 Å². The summed E-state index contributed by atoms with van der Waals surface area (Å²) in [4.78, 5) is 22.2. The third kappa shape index (κ3) is 4.00. The molecule has 170 valence electrons. The molecule has 4 saturated carbocycles. The molecular formula is C25H33N5OS. The van der Waals surface area contributed by atoms with E-state index in [1.165, 1.54) is 61.2 Å². The number of piperazine rings is 1. The summed E-state index contributed by atoms with van der Waals surface area (Å²) in [6.07, 6.45) is 8.60. The van der Waals surface area contributed by atoms with Gasteiger partial charge in [0.2, 0.25) is 5.13 Å². The fourth-order valence-corrected chi connectivity index (χ4v) is 7.74. The lowest BCUT2D eigenvalue weighted by atomic mass is 9.53. The summed E-state index contributed by atoms with van der Waals surface area (Å²) in [5.41, 5.74) is 2.60. The number of carbonyl (C=O) groups is 1. The smallest absolute Gasteiger partial charge is 0.317 e. The fraction of sp³-hybridized carbons (Fsp3) is 0.640. The number of nitrogens with zero attached hydrogens (tertiary/aromatic N) is 4. The van der Waals surface area contributed by atoms with Crippen LogP contribution in [0.5, 0.6) is 0 Å². The van der Waals surface area contributed by atoms with Gasteiger partial charge in [-0.1, -0.05) is 29.8 Å². The second kappa shape index (κ2) is 8.01. The second-order valence-corrected chi connectivity index (χ2v) is 11.5. The van der Waals surface area contributed by atoms with Gasteiger partial charge in [-0.15, -0.1) is 0 Å². The zero-order valence-electron chi connectivity index (χ0n) is 18.9. The monoisotopic (exact) mass is 451 g/mol. The Morgan fingerprint density at radius 2 is 1.66 bits per heavy atom. The summed E-state index contributed by atoms with van der Waals surface area (Å²) in [5.74, 6) is 3.44. The maximum absolute atomic E-state index is 13.1. The molecule has 2 heterocycles.